The average Bonchev–Trinajstić information content (AvgIpc) is 3.13. The third-order valence-corrected chi connectivity index (χ3v) is 6.98. The highest BCUT2D eigenvalue weighted by atomic mass is 32.2. The molecule has 0 radical (unpaired) electrons. The summed E-state index contributed by atoms with van der Waals surface area (Å²) < 4.78 is 23.8. The SMILES string of the molecule is O=C(CCc1nc2ccccc2s1)NNC(=O)C[C@H]1CCS(=O)(=O)C1. The highest BCUT2D eigenvalue weighted by Crippen LogP contribution is 2.22. The van der Waals surface area contributed by atoms with Crippen molar-refractivity contribution in [1.82, 2.24) is 15.8 Å². The van der Waals surface area contributed by atoms with Crippen molar-refractivity contribution in [3.05, 3.63) is 29.3 Å². The number of carbonyl (C=O) groups excluding carboxylic acids is 2. The van der Waals surface area contributed by atoms with Crippen molar-refractivity contribution < 1.29 is 18.0 Å². The number of thiazole rings is 1. The summed E-state index contributed by atoms with van der Waals surface area (Å²) >= 11 is 1.55. The molecule has 0 aliphatic carbocycles. The molecule has 25 heavy (non-hydrogen) atoms. The fourth-order valence-electron chi connectivity index (χ4n) is 2.80. The Balaban J connectivity index is 1.39. The molecule has 3 rings (SSSR count). The number of hydrazine groups is 1. The number of fused-ring (bicyclic) bond motifs is 1. The van der Waals surface area contributed by atoms with Gasteiger partial charge in [0.25, 0.3) is 0 Å². The molecule has 1 saturated heterocycles. The van der Waals surface area contributed by atoms with Crippen LogP contribution in [0.15, 0.2) is 24.3 Å². The smallest absolute Gasteiger partial charge is 0.238 e. The van der Waals surface area contributed by atoms with E-state index in [2.05, 4.69) is 15.8 Å². The second-order valence-electron chi connectivity index (χ2n) is 6.14. The van der Waals surface area contributed by atoms with E-state index in [0.717, 1.165) is 15.2 Å². The van der Waals surface area contributed by atoms with Crippen LogP contribution in [-0.2, 0) is 25.8 Å². The highest BCUT2D eigenvalue weighted by Gasteiger charge is 2.29. The molecule has 2 aromatic rings. The largest absolute Gasteiger partial charge is 0.273 e. The van der Waals surface area contributed by atoms with Crippen molar-refractivity contribution in [2.45, 2.75) is 25.7 Å². The first kappa shape index (κ1) is 17.8. The molecule has 2 heterocycles. The molecule has 9 heteroatoms. The summed E-state index contributed by atoms with van der Waals surface area (Å²) in [4.78, 5) is 28.1. The van der Waals surface area contributed by atoms with Gasteiger partial charge in [0, 0.05) is 19.3 Å². The van der Waals surface area contributed by atoms with Gasteiger partial charge in [-0.1, -0.05) is 12.1 Å². The molecule has 1 aliphatic heterocycles. The fourth-order valence-corrected chi connectivity index (χ4v) is 5.62. The van der Waals surface area contributed by atoms with Crippen LogP contribution in [0.1, 0.15) is 24.3 Å². The van der Waals surface area contributed by atoms with Crippen LogP contribution in [0, 0.1) is 5.92 Å². The van der Waals surface area contributed by atoms with E-state index in [1.165, 1.54) is 0 Å². The topological polar surface area (TPSA) is 105 Å². The molecule has 2 N–H and O–H groups in total. The summed E-state index contributed by atoms with van der Waals surface area (Å²) in [6.45, 7) is 0. The van der Waals surface area contributed by atoms with Gasteiger partial charge in [-0.05, 0) is 24.5 Å². The van der Waals surface area contributed by atoms with Gasteiger partial charge in [0.05, 0.1) is 26.7 Å². The number of aromatic nitrogens is 1. The minimum atomic E-state index is -3.00. The van der Waals surface area contributed by atoms with Crippen LogP contribution in [0.2, 0.25) is 0 Å². The van der Waals surface area contributed by atoms with Crippen molar-refractivity contribution in [3.63, 3.8) is 0 Å². The Kier molecular flexibility index (Phi) is 5.33. The first-order valence-corrected chi connectivity index (χ1v) is 10.7. The maximum atomic E-state index is 11.8. The van der Waals surface area contributed by atoms with E-state index in [1.807, 2.05) is 24.3 Å². The van der Waals surface area contributed by atoms with E-state index < -0.39 is 9.84 Å². The van der Waals surface area contributed by atoms with Crippen LogP contribution in [0.4, 0.5) is 0 Å². The molecule has 1 atom stereocenters. The Labute approximate surface area is 149 Å². The summed E-state index contributed by atoms with van der Waals surface area (Å²) in [6.07, 6.45) is 1.33. The van der Waals surface area contributed by atoms with Crippen LogP contribution in [0.3, 0.4) is 0 Å². The van der Waals surface area contributed by atoms with E-state index in [1.54, 1.807) is 11.3 Å². The zero-order valence-corrected chi connectivity index (χ0v) is 15.2. The summed E-state index contributed by atoms with van der Waals surface area (Å²) in [7, 11) is -3.00. The number of sulfone groups is 1. The Morgan fingerprint density at radius 2 is 1.96 bits per heavy atom. The van der Waals surface area contributed by atoms with Gasteiger partial charge < -0.3 is 0 Å². The van der Waals surface area contributed by atoms with E-state index in [9.17, 15) is 18.0 Å². The molecule has 0 saturated carbocycles. The summed E-state index contributed by atoms with van der Waals surface area (Å²) in [6, 6.07) is 7.78. The predicted octanol–water partition coefficient (Wildman–Crippen LogP) is 1.20. The lowest BCUT2D eigenvalue weighted by Crippen LogP contribution is -2.42. The van der Waals surface area contributed by atoms with Gasteiger partial charge in [0.2, 0.25) is 11.8 Å². The Hall–Kier alpha value is -2.00. The van der Waals surface area contributed by atoms with Gasteiger partial charge in [-0.2, -0.15) is 0 Å². The van der Waals surface area contributed by atoms with Crippen LogP contribution in [0.5, 0.6) is 0 Å². The molecular formula is C16H19N3O4S2. The summed E-state index contributed by atoms with van der Waals surface area (Å²) in [5, 5.41) is 0.874. The molecule has 1 aliphatic rings. The molecule has 0 unspecified atom stereocenters. The Bertz CT molecular complexity index is 859. The highest BCUT2D eigenvalue weighted by molar-refractivity contribution is 7.91. The van der Waals surface area contributed by atoms with Crippen molar-refractivity contribution in [2.24, 2.45) is 5.92 Å². The first-order valence-electron chi connectivity index (χ1n) is 8.04. The molecule has 134 valence electrons. The molecular weight excluding hydrogens is 362 g/mol. The lowest BCUT2D eigenvalue weighted by Gasteiger charge is -2.09. The van der Waals surface area contributed by atoms with Crippen molar-refractivity contribution >= 4 is 43.2 Å². The van der Waals surface area contributed by atoms with Crippen LogP contribution in [0.25, 0.3) is 10.2 Å². The lowest BCUT2D eigenvalue weighted by atomic mass is 10.1. The number of carbonyl (C=O) groups is 2. The molecule has 7 nitrogen and oxygen atoms in total. The van der Waals surface area contributed by atoms with E-state index in [-0.39, 0.29) is 42.1 Å². The molecule has 2 amide bonds. The minimum Gasteiger partial charge on any atom is -0.273 e. The number of rotatable bonds is 5. The number of amides is 2. The summed E-state index contributed by atoms with van der Waals surface area (Å²) in [5.41, 5.74) is 5.64. The molecule has 1 aromatic carbocycles. The molecule has 1 aromatic heterocycles. The van der Waals surface area contributed by atoms with E-state index in [4.69, 9.17) is 0 Å². The lowest BCUT2D eigenvalue weighted by molar-refractivity contribution is -0.129. The van der Waals surface area contributed by atoms with Crippen molar-refractivity contribution in [3.8, 4) is 0 Å². The maximum absolute atomic E-state index is 11.8. The number of hydrogen-bond acceptors (Lipinski definition) is 6. The van der Waals surface area contributed by atoms with Crippen LogP contribution < -0.4 is 10.9 Å². The van der Waals surface area contributed by atoms with Gasteiger partial charge in [0.15, 0.2) is 9.84 Å². The van der Waals surface area contributed by atoms with Crippen molar-refractivity contribution in [1.29, 1.82) is 0 Å². The monoisotopic (exact) mass is 381 g/mol. The second-order valence-corrected chi connectivity index (χ2v) is 9.49. The van der Waals surface area contributed by atoms with Gasteiger partial charge >= 0.3 is 0 Å². The predicted molar refractivity (Wildman–Crippen MR) is 95.6 cm³/mol. The van der Waals surface area contributed by atoms with Gasteiger partial charge in [-0.15, -0.1) is 11.3 Å². The van der Waals surface area contributed by atoms with Crippen molar-refractivity contribution in [2.75, 3.05) is 11.5 Å². The van der Waals surface area contributed by atoms with Gasteiger partial charge in [-0.3, -0.25) is 20.4 Å². The average molecular weight is 381 g/mol. The van der Waals surface area contributed by atoms with Crippen LogP contribution >= 0.6 is 11.3 Å². The van der Waals surface area contributed by atoms with Gasteiger partial charge in [0.1, 0.15) is 0 Å². The number of nitrogens with zero attached hydrogens (tertiary/aromatic N) is 1. The number of aryl methyl sites for hydroxylation is 1. The third-order valence-electron chi connectivity index (χ3n) is 4.05. The third kappa shape index (κ3) is 4.99. The maximum Gasteiger partial charge on any atom is 0.238 e. The zero-order valence-electron chi connectivity index (χ0n) is 13.5. The van der Waals surface area contributed by atoms with Gasteiger partial charge in [-0.25, -0.2) is 13.4 Å². The number of benzene rings is 1. The normalized spacial score (nSPS) is 19.0. The zero-order chi connectivity index (χ0) is 17.9. The number of nitrogens with one attached hydrogen (secondary N) is 2. The molecule has 0 bridgehead atoms. The summed E-state index contributed by atoms with van der Waals surface area (Å²) in [5.74, 6) is -0.641. The van der Waals surface area contributed by atoms with E-state index in [0.29, 0.717) is 12.8 Å². The standard InChI is InChI=1S/C16H19N3O4S2/c20-14(5-6-16-17-12-3-1-2-4-13(12)24-16)18-19-15(21)9-11-7-8-25(22,23)10-11/h1-4,11H,5-10H2,(H,18,20)(H,19,21)/t11-/m1/s1. The first-order chi connectivity index (χ1) is 11.9. The Morgan fingerprint density at radius 3 is 2.68 bits per heavy atom. The van der Waals surface area contributed by atoms with E-state index >= 15 is 0 Å². The fraction of sp³-hybridized carbons (Fsp3) is 0.438. The second kappa shape index (κ2) is 7.49. The molecule has 0 spiro atoms. The number of hydrogen-bond donors (Lipinski definition) is 2. The number of para-hydroxylation sites is 1. The van der Waals surface area contributed by atoms with Crippen LogP contribution in [-0.4, -0.2) is 36.7 Å². The quantitative estimate of drug-likeness (QED) is 0.757. The Morgan fingerprint density at radius 1 is 1.20 bits per heavy atom. The molecule has 1 fully saturated rings. The minimum absolute atomic E-state index is 0.0476.